The zero-order chi connectivity index (χ0) is 14.8. The van der Waals surface area contributed by atoms with E-state index in [0.29, 0.717) is 5.41 Å². The van der Waals surface area contributed by atoms with Crippen molar-refractivity contribution in [3.63, 3.8) is 0 Å². The van der Waals surface area contributed by atoms with Gasteiger partial charge in [0.2, 0.25) is 0 Å². The molecule has 1 atom stereocenters. The van der Waals surface area contributed by atoms with Crippen molar-refractivity contribution in [1.29, 1.82) is 0 Å². The van der Waals surface area contributed by atoms with E-state index >= 15 is 0 Å². The summed E-state index contributed by atoms with van der Waals surface area (Å²) in [4.78, 5) is 0. The zero-order valence-corrected chi connectivity index (χ0v) is 14.1. The van der Waals surface area contributed by atoms with E-state index in [2.05, 4.69) is 74.5 Å². The summed E-state index contributed by atoms with van der Waals surface area (Å²) in [6.07, 6.45) is 6.69. The van der Waals surface area contributed by atoms with Crippen molar-refractivity contribution in [2.24, 2.45) is 22.0 Å². The second kappa shape index (κ2) is 5.36. The fourth-order valence-corrected chi connectivity index (χ4v) is 3.04. The first-order valence-electron chi connectivity index (χ1n) is 7.11. The van der Waals surface area contributed by atoms with Gasteiger partial charge in [-0.25, -0.2) is 0 Å². The van der Waals surface area contributed by atoms with Gasteiger partial charge >= 0.3 is 0 Å². The molecule has 1 nitrogen and oxygen atoms in total. The van der Waals surface area contributed by atoms with Crippen LogP contribution in [0.1, 0.15) is 75.2 Å². The Bertz CT molecular complexity index is 252. The van der Waals surface area contributed by atoms with Gasteiger partial charge in [0.25, 0.3) is 0 Å². The molecule has 18 heavy (non-hydrogen) atoms. The van der Waals surface area contributed by atoms with Gasteiger partial charge in [-0.05, 0) is 36.0 Å². The molecule has 0 radical (unpaired) electrons. The van der Waals surface area contributed by atoms with Crippen molar-refractivity contribution >= 4 is 0 Å². The number of hydrogen-bond donors (Lipinski definition) is 1. The van der Waals surface area contributed by atoms with E-state index in [1.165, 1.54) is 6.42 Å². The molecule has 2 N–H and O–H groups in total. The summed E-state index contributed by atoms with van der Waals surface area (Å²) in [7, 11) is 0. The van der Waals surface area contributed by atoms with E-state index in [1.807, 2.05) is 0 Å². The SMILES string of the molecule is CC(C)(C)CC(C)(C)/C=C\C(C)(N)CC(C)(C)C. The molecule has 0 bridgehead atoms. The number of rotatable bonds is 4. The molecule has 1 heteroatoms. The summed E-state index contributed by atoms with van der Waals surface area (Å²) in [6, 6.07) is 0. The van der Waals surface area contributed by atoms with E-state index in [0.717, 1.165) is 6.42 Å². The molecule has 0 heterocycles. The molecule has 0 fully saturated rings. The lowest BCUT2D eigenvalue weighted by molar-refractivity contribution is 0.258. The van der Waals surface area contributed by atoms with Crippen LogP contribution in [0.2, 0.25) is 0 Å². The lowest BCUT2D eigenvalue weighted by atomic mass is 9.74. The smallest absolute Gasteiger partial charge is 0.0315 e. The minimum absolute atomic E-state index is 0.205. The van der Waals surface area contributed by atoms with Crippen LogP contribution < -0.4 is 5.73 Å². The third kappa shape index (κ3) is 9.70. The minimum atomic E-state index is -0.215. The maximum atomic E-state index is 6.39. The topological polar surface area (TPSA) is 26.0 Å². The molecule has 0 amide bonds. The van der Waals surface area contributed by atoms with Crippen molar-refractivity contribution in [2.45, 2.75) is 80.7 Å². The normalized spacial score (nSPS) is 18.1. The molecule has 1 unspecified atom stereocenters. The molecular weight excluding hydrogens is 218 g/mol. The van der Waals surface area contributed by atoms with Crippen LogP contribution in [0.25, 0.3) is 0 Å². The fraction of sp³-hybridized carbons (Fsp3) is 0.882. The van der Waals surface area contributed by atoms with E-state index in [1.54, 1.807) is 0 Å². The van der Waals surface area contributed by atoms with Crippen LogP contribution in [0.15, 0.2) is 12.2 Å². The van der Waals surface area contributed by atoms with Gasteiger partial charge in [0.1, 0.15) is 0 Å². The average Bonchev–Trinajstić information content (AvgIpc) is 1.91. The highest BCUT2D eigenvalue weighted by Gasteiger charge is 2.26. The first kappa shape index (κ1) is 17.7. The molecule has 0 aliphatic rings. The first-order chi connectivity index (χ1) is 7.62. The zero-order valence-electron chi connectivity index (χ0n) is 14.1. The second-order valence-corrected chi connectivity index (χ2v) is 9.30. The lowest BCUT2D eigenvalue weighted by Gasteiger charge is -2.33. The van der Waals surface area contributed by atoms with Crippen LogP contribution in [0.3, 0.4) is 0 Å². The Morgan fingerprint density at radius 3 is 1.39 bits per heavy atom. The predicted molar refractivity (Wildman–Crippen MR) is 83.7 cm³/mol. The van der Waals surface area contributed by atoms with Crippen molar-refractivity contribution in [2.75, 3.05) is 0 Å². The molecule has 0 spiro atoms. The molecule has 0 aromatic carbocycles. The Labute approximate surface area is 115 Å². The summed E-state index contributed by atoms with van der Waals surface area (Å²) >= 11 is 0. The number of nitrogens with two attached hydrogens (primary N) is 1. The third-order valence-electron chi connectivity index (χ3n) is 2.81. The van der Waals surface area contributed by atoms with Gasteiger partial charge in [-0.3, -0.25) is 0 Å². The highest BCUT2D eigenvalue weighted by atomic mass is 14.7. The van der Waals surface area contributed by atoms with E-state index in [9.17, 15) is 0 Å². The Balaban J connectivity index is 4.71. The van der Waals surface area contributed by atoms with Gasteiger partial charge in [0.15, 0.2) is 0 Å². The van der Waals surface area contributed by atoms with E-state index < -0.39 is 0 Å². The monoisotopic (exact) mass is 253 g/mol. The van der Waals surface area contributed by atoms with Crippen LogP contribution in [-0.2, 0) is 0 Å². The molecular formula is C17H35N. The average molecular weight is 253 g/mol. The largest absolute Gasteiger partial charge is 0.322 e. The molecule has 0 saturated heterocycles. The second-order valence-electron chi connectivity index (χ2n) is 9.30. The van der Waals surface area contributed by atoms with Crippen LogP contribution in [0.4, 0.5) is 0 Å². The first-order valence-corrected chi connectivity index (χ1v) is 7.11. The lowest BCUT2D eigenvalue weighted by Crippen LogP contribution is -2.38. The third-order valence-corrected chi connectivity index (χ3v) is 2.81. The van der Waals surface area contributed by atoms with Crippen LogP contribution >= 0.6 is 0 Å². The van der Waals surface area contributed by atoms with Gasteiger partial charge in [-0.2, -0.15) is 0 Å². The predicted octanol–water partition coefficient (Wildman–Crippen LogP) is 5.16. The standard InChI is InChI=1S/C17H35N/c1-14(2,3)12-16(7,8)10-11-17(9,18)13-15(4,5)6/h10-11H,12-13,18H2,1-9H3/b11-10-. The highest BCUT2D eigenvalue weighted by molar-refractivity contribution is 5.08. The molecule has 108 valence electrons. The minimum Gasteiger partial charge on any atom is -0.322 e. The van der Waals surface area contributed by atoms with Crippen molar-refractivity contribution in [1.82, 2.24) is 0 Å². The quantitative estimate of drug-likeness (QED) is 0.688. The fourth-order valence-electron chi connectivity index (χ4n) is 3.04. The maximum absolute atomic E-state index is 6.39. The van der Waals surface area contributed by atoms with Crippen molar-refractivity contribution in [3.8, 4) is 0 Å². The summed E-state index contributed by atoms with van der Waals surface area (Å²) in [5.74, 6) is 0. The highest BCUT2D eigenvalue weighted by Crippen LogP contribution is 2.35. The Kier molecular flexibility index (Phi) is 5.28. The number of allylic oxidation sites excluding steroid dienone is 1. The summed E-state index contributed by atoms with van der Waals surface area (Å²) in [6.45, 7) is 20.3. The van der Waals surface area contributed by atoms with Gasteiger partial charge in [-0.15, -0.1) is 0 Å². The number of hydrogen-bond acceptors (Lipinski definition) is 1. The molecule has 0 aliphatic heterocycles. The maximum Gasteiger partial charge on any atom is 0.0315 e. The van der Waals surface area contributed by atoms with Gasteiger partial charge < -0.3 is 5.73 Å². The van der Waals surface area contributed by atoms with Gasteiger partial charge in [0.05, 0.1) is 0 Å². The molecule has 0 saturated carbocycles. The van der Waals surface area contributed by atoms with Crippen molar-refractivity contribution < 1.29 is 0 Å². The van der Waals surface area contributed by atoms with Crippen LogP contribution in [-0.4, -0.2) is 5.54 Å². The Morgan fingerprint density at radius 2 is 1.06 bits per heavy atom. The van der Waals surface area contributed by atoms with E-state index in [-0.39, 0.29) is 16.4 Å². The molecule has 0 aromatic heterocycles. The summed E-state index contributed by atoms with van der Waals surface area (Å²) in [5.41, 5.74) is 6.99. The molecule has 0 rings (SSSR count). The van der Waals surface area contributed by atoms with Gasteiger partial charge in [-0.1, -0.05) is 67.5 Å². The molecule has 0 aromatic rings. The summed E-state index contributed by atoms with van der Waals surface area (Å²) < 4.78 is 0. The van der Waals surface area contributed by atoms with Gasteiger partial charge in [0, 0.05) is 5.54 Å². The van der Waals surface area contributed by atoms with Crippen LogP contribution in [0.5, 0.6) is 0 Å². The van der Waals surface area contributed by atoms with Crippen molar-refractivity contribution in [3.05, 3.63) is 12.2 Å². The Hall–Kier alpha value is -0.300. The van der Waals surface area contributed by atoms with Crippen LogP contribution in [0, 0.1) is 16.2 Å². The summed E-state index contributed by atoms with van der Waals surface area (Å²) in [5, 5.41) is 0. The molecule has 0 aliphatic carbocycles. The Morgan fingerprint density at radius 1 is 0.667 bits per heavy atom. The van der Waals surface area contributed by atoms with E-state index in [4.69, 9.17) is 5.73 Å².